The van der Waals surface area contributed by atoms with Crippen LogP contribution in [0.1, 0.15) is 17.5 Å². The van der Waals surface area contributed by atoms with E-state index < -0.39 is 17.9 Å². The van der Waals surface area contributed by atoms with E-state index >= 15 is 0 Å². The third-order valence-corrected chi connectivity index (χ3v) is 3.21. The van der Waals surface area contributed by atoms with Crippen molar-refractivity contribution in [2.75, 3.05) is 6.61 Å². The molecule has 1 heterocycles. The van der Waals surface area contributed by atoms with E-state index in [0.29, 0.717) is 18.9 Å². The average Bonchev–Trinajstić information content (AvgIpc) is 2.41. The van der Waals surface area contributed by atoms with Crippen LogP contribution in [0.4, 0.5) is 0 Å². The van der Waals surface area contributed by atoms with Crippen molar-refractivity contribution < 1.29 is 14.3 Å². The lowest BCUT2D eigenvalue weighted by Crippen LogP contribution is -2.52. The van der Waals surface area contributed by atoms with Gasteiger partial charge in [0.15, 0.2) is 6.04 Å². The number of hydrogen-bond acceptors (Lipinski definition) is 4. The molecule has 6 heteroatoms. The molecule has 0 spiro atoms. The Kier molecular flexibility index (Phi) is 4.14. The number of benzene rings is 1. The number of amides is 2. The summed E-state index contributed by atoms with van der Waals surface area (Å²) in [5.74, 6) is -0.0509. The number of carbonyl (C=O) groups is 2. The fraction of sp³-hybridized carbons (Fsp3) is 0.357. The van der Waals surface area contributed by atoms with E-state index in [2.05, 4.69) is 10.3 Å². The summed E-state index contributed by atoms with van der Waals surface area (Å²) in [6, 6.07) is 4.61. The van der Waals surface area contributed by atoms with Crippen LogP contribution in [-0.2, 0) is 9.59 Å². The summed E-state index contributed by atoms with van der Waals surface area (Å²) in [4.78, 5) is 26.4. The molecule has 0 saturated carbocycles. The third kappa shape index (κ3) is 3.03. The van der Waals surface area contributed by atoms with Gasteiger partial charge in [0, 0.05) is 6.42 Å². The minimum Gasteiger partial charge on any atom is -0.493 e. The topological polar surface area (TPSA) is 93.8 Å². The fourth-order valence-corrected chi connectivity index (χ4v) is 1.82. The second-order valence-corrected chi connectivity index (χ2v) is 4.66. The second-order valence-electron chi connectivity index (χ2n) is 4.66. The van der Waals surface area contributed by atoms with Crippen molar-refractivity contribution in [3.05, 3.63) is 29.3 Å². The van der Waals surface area contributed by atoms with E-state index in [0.717, 1.165) is 16.9 Å². The Morgan fingerprint density at radius 1 is 1.35 bits per heavy atom. The number of nitrogens with two attached hydrogens (primary N) is 1. The molecule has 0 fully saturated rings. The maximum Gasteiger partial charge on any atom is 0.273 e. The van der Waals surface area contributed by atoms with Crippen molar-refractivity contribution in [1.82, 2.24) is 5.32 Å². The van der Waals surface area contributed by atoms with E-state index in [1.807, 2.05) is 32.0 Å². The zero-order valence-electron chi connectivity index (χ0n) is 11.5. The highest BCUT2D eigenvalue weighted by molar-refractivity contribution is 6.18. The van der Waals surface area contributed by atoms with Crippen LogP contribution >= 0.6 is 0 Å². The standard InChI is InChI=1S/C14H17N3O3/c1-8-4-3-5-10(9(8)2)20-7-6-11-16-13(18)12(15)14(19)17-11/h3-5,12H,6-7,15H2,1-2H3,(H,16,17,18,19). The number of hydrogen-bond donors (Lipinski definition) is 2. The Balaban J connectivity index is 1.94. The van der Waals surface area contributed by atoms with Gasteiger partial charge in [0.2, 0.25) is 0 Å². The maximum atomic E-state index is 11.4. The van der Waals surface area contributed by atoms with E-state index in [9.17, 15) is 9.59 Å². The highest BCUT2D eigenvalue weighted by Gasteiger charge is 2.27. The Morgan fingerprint density at radius 3 is 2.80 bits per heavy atom. The summed E-state index contributed by atoms with van der Waals surface area (Å²) in [5.41, 5.74) is 7.56. The molecule has 20 heavy (non-hydrogen) atoms. The smallest absolute Gasteiger partial charge is 0.273 e. The summed E-state index contributed by atoms with van der Waals surface area (Å²) in [6.07, 6.45) is 0.345. The van der Waals surface area contributed by atoms with E-state index in [1.165, 1.54) is 0 Å². The molecule has 1 aliphatic heterocycles. The first-order valence-electron chi connectivity index (χ1n) is 6.36. The quantitative estimate of drug-likeness (QED) is 0.780. The van der Waals surface area contributed by atoms with Gasteiger partial charge in [-0.3, -0.25) is 9.59 Å². The normalized spacial score (nSPS) is 18.6. The number of amidine groups is 1. The predicted molar refractivity (Wildman–Crippen MR) is 74.6 cm³/mol. The molecule has 0 radical (unpaired) electrons. The fourth-order valence-electron chi connectivity index (χ4n) is 1.82. The number of ether oxygens (including phenoxy) is 1. The van der Waals surface area contributed by atoms with Gasteiger partial charge in [-0.2, -0.15) is 4.99 Å². The lowest BCUT2D eigenvalue weighted by Gasteiger charge is -2.17. The Labute approximate surface area is 117 Å². The van der Waals surface area contributed by atoms with E-state index in [-0.39, 0.29) is 0 Å². The minimum absolute atomic E-state index is 0.298. The van der Waals surface area contributed by atoms with Crippen molar-refractivity contribution in [3.8, 4) is 5.75 Å². The van der Waals surface area contributed by atoms with Crippen LogP contribution in [0.2, 0.25) is 0 Å². The number of aryl methyl sites for hydroxylation is 1. The van der Waals surface area contributed by atoms with Crippen LogP contribution in [0.15, 0.2) is 23.2 Å². The van der Waals surface area contributed by atoms with Gasteiger partial charge in [-0.1, -0.05) is 12.1 Å². The number of rotatable bonds is 4. The summed E-state index contributed by atoms with van der Waals surface area (Å²) in [6.45, 7) is 4.31. The van der Waals surface area contributed by atoms with Crippen LogP contribution in [0.5, 0.6) is 5.75 Å². The highest BCUT2D eigenvalue weighted by Crippen LogP contribution is 2.20. The van der Waals surface area contributed by atoms with Crippen molar-refractivity contribution in [2.24, 2.45) is 10.7 Å². The highest BCUT2D eigenvalue weighted by atomic mass is 16.5. The number of nitrogens with one attached hydrogen (secondary N) is 1. The molecular formula is C14H17N3O3. The van der Waals surface area contributed by atoms with Crippen LogP contribution in [0.3, 0.4) is 0 Å². The summed E-state index contributed by atoms with van der Waals surface area (Å²) in [7, 11) is 0. The second kappa shape index (κ2) is 5.83. The molecule has 1 unspecified atom stereocenters. The van der Waals surface area contributed by atoms with Crippen molar-refractivity contribution in [3.63, 3.8) is 0 Å². The van der Waals surface area contributed by atoms with Gasteiger partial charge in [-0.25, -0.2) is 0 Å². The van der Waals surface area contributed by atoms with Crippen molar-refractivity contribution >= 4 is 17.6 Å². The molecule has 2 amide bonds. The number of aliphatic imine (C=N–C) groups is 1. The van der Waals surface area contributed by atoms with Gasteiger partial charge >= 0.3 is 0 Å². The summed E-state index contributed by atoms with van der Waals surface area (Å²) >= 11 is 0. The first-order valence-corrected chi connectivity index (χ1v) is 6.36. The van der Waals surface area contributed by atoms with Gasteiger partial charge in [-0.15, -0.1) is 0 Å². The van der Waals surface area contributed by atoms with Gasteiger partial charge in [-0.05, 0) is 31.0 Å². The zero-order chi connectivity index (χ0) is 14.7. The third-order valence-electron chi connectivity index (χ3n) is 3.21. The van der Waals surface area contributed by atoms with Gasteiger partial charge in [0.25, 0.3) is 11.8 Å². The monoisotopic (exact) mass is 275 g/mol. The average molecular weight is 275 g/mol. The van der Waals surface area contributed by atoms with Gasteiger partial charge in [0.1, 0.15) is 11.6 Å². The molecule has 1 aliphatic rings. The Hall–Kier alpha value is -2.21. The van der Waals surface area contributed by atoms with Crippen molar-refractivity contribution in [2.45, 2.75) is 26.3 Å². The molecule has 0 aromatic heterocycles. The first-order chi connectivity index (χ1) is 9.49. The molecule has 0 bridgehead atoms. The molecule has 1 atom stereocenters. The number of nitrogens with zero attached hydrogens (tertiary/aromatic N) is 1. The van der Waals surface area contributed by atoms with Crippen LogP contribution in [-0.4, -0.2) is 30.3 Å². The maximum absolute atomic E-state index is 11.4. The Bertz CT molecular complexity index is 581. The van der Waals surface area contributed by atoms with E-state index in [1.54, 1.807) is 0 Å². The molecule has 6 nitrogen and oxygen atoms in total. The Morgan fingerprint density at radius 2 is 2.10 bits per heavy atom. The predicted octanol–water partition coefficient (Wildman–Crippen LogP) is 0.455. The summed E-state index contributed by atoms with van der Waals surface area (Å²) in [5, 5.41) is 2.49. The molecule has 106 valence electrons. The van der Waals surface area contributed by atoms with Crippen molar-refractivity contribution in [1.29, 1.82) is 0 Å². The molecular weight excluding hydrogens is 258 g/mol. The lowest BCUT2D eigenvalue weighted by atomic mass is 10.1. The molecule has 2 rings (SSSR count). The minimum atomic E-state index is -1.20. The van der Waals surface area contributed by atoms with E-state index in [4.69, 9.17) is 10.5 Å². The lowest BCUT2D eigenvalue weighted by molar-refractivity contribution is -0.129. The molecule has 0 aliphatic carbocycles. The largest absolute Gasteiger partial charge is 0.493 e. The van der Waals surface area contributed by atoms with Crippen LogP contribution in [0, 0.1) is 13.8 Å². The molecule has 0 saturated heterocycles. The van der Waals surface area contributed by atoms with Gasteiger partial charge < -0.3 is 15.8 Å². The van der Waals surface area contributed by atoms with Crippen LogP contribution < -0.4 is 15.8 Å². The number of carbonyl (C=O) groups excluding carboxylic acids is 2. The summed E-state index contributed by atoms with van der Waals surface area (Å²) < 4.78 is 5.64. The first kappa shape index (κ1) is 14.2. The van der Waals surface area contributed by atoms with Crippen LogP contribution in [0.25, 0.3) is 0 Å². The SMILES string of the molecule is Cc1cccc(OCCC2=NC(=O)C(N)C(=O)N2)c1C. The molecule has 1 aromatic rings. The molecule has 3 N–H and O–H groups in total. The van der Waals surface area contributed by atoms with Gasteiger partial charge in [0.05, 0.1) is 6.61 Å². The molecule has 1 aromatic carbocycles. The zero-order valence-corrected chi connectivity index (χ0v) is 11.5.